The molecule has 0 bridgehead atoms. The number of methoxy groups -OCH3 is 3. The summed E-state index contributed by atoms with van der Waals surface area (Å²) in [7, 11) is 7.29. The van der Waals surface area contributed by atoms with Gasteiger partial charge in [-0.1, -0.05) is 6.92 Å². The minimum Gasteiger partial charge on any atom is -0.485 e. The van der Waals surface area contributed by atoms with Crippen molar-refractivity contribution >= 4 is 16.2 Å². The predicted octanol–water partition coefficient (Wildman–Crippen LogP) is 0.542. The van der Waals surface area contributed by atoms with Crippen LogP contribution in [-0.2, 0) is 23.7 Å². The molecule has 6 heteroatoms. The Kier molecular flexibility index (Phi) is 6.60. The quantitative estimate of drug-likeness (QED) is 0.289. The van der Waals surface area contributed by atoms with Crippen LogP contribution in [0.4, 0.5) is 0 Å². The minimum atomic E-state index is -0.641. The van der Waals surface area contributed by atoms with Gasteiger partial charge >= 0.3 is 11.9 Å². The van der Waals surface area contributed by atoms with Crippen LogP contribution in [0.15, 0.2) is 11.7 Å². The summed E-state index contributed by atoms with van der Waals surface area (Å²) in [6, 6.07) is 0. The average molecular weight is 231 g/mol. The molecule has 15 heavy (non-hydrogen) atoms. The lowest BCUT2D eigenvalue weighted by molar-refractivity contribution is -0.145. The molecule has 0 saturated carbocycles. The molecule has 0 aromatic rings. The predicted molar refractivity (Wildman–Crippen MR) is 54.0 cm³/mol. The first-order chi connectivity index (χ1) is 7.10. The Balaban J connectivity index is 4.66. The minimum absolute atomic E-state index is 0.0162. The van der Waals surface area contributed by atoms with E-state index in [-0.39, 0.29) is 17.4 Å². The second-order valence-electron chi connectivity index (χ2n) is 2.53. The van der Waals surface area contributed by atoms with E-state index in [0.717, 1.165) is 0 Å². The molecule has 0 fully saturated rings. The molecule has 1 atom stereocenters. The first-order valence-corrected chi connectivity index (χ1v) is 4.96. The van der Waals surface area contributed by atoms with Crippen molar-refractivity contribution in [2.75, 3.05) is 21.3 Å². The lowest BCUT2D eigenvalue weighted by Crippen LogP contribution is -2.21. The molecule has 0 saturated heterocycles. The summed E-state index contributed by atoms with van der Waals surface area (Å²) in [4.78, 5) is 11.5. The third-order valence-corrected chi connectivity index (χ3v) is 2.09. The Hall–Kier alpha value is -1.17. The average Bonchev–Trinajstić information content (AvgIpc) is 2.24. The van der Waals surface area contributed by atoms with Crippen LogP contribution >= 0.6 is 0 Å². The molecule has 0 aliphatic rings. The van der Waals surface area contributed by atoms with Crippen LogP contribution in [0.2, 0.25) is 0 Å². The molecule has 3 radical (unpaired) electrons. The lowest BCUT2D eigenvalue weighted by Gasteiger charge is -2.13. The van der Waals surface area contributed by atoms with Crippen molar-refractivity contribution in [2.24, 2.45) is 0 Å². The van der Waals surface area contributed by atoms with Gasteiger partial charge in [-0.05, 0) is 6.42 Å². The van der Waals surface area contributed by atoms with E-state index in [1.165, 1.54) is 21.3 Å². The summed E-state index contributed by atoms with van der Waals surface area (Å²) < 4.78 is 19.4. The fourth-order valence-corrected chi connectivity index (χ4v) is 0.892. The van der Waals surface area contributed by atoms with Crippen molar-refractivity contribution in [2.45, 2.75) is 19.1 Å². The number of ether oxygens (including phenoxy) is 4. The van der Waals surface area contributed by atoms with Gasteiger partial charge in [0, 0.05) is 0 Å². The number of hydrogen-bond donors (Lipinski definition) is 0. The van der Waals surface area contributed by atoms with Crippen LogP contribution in [0, 0.1) is 0 Å². The van der Waals surface area contributed by atoms with Crippen molar-refractivity contribution in [1.29, 1.82) is 0 Å². The molecule has 5 nitrogen and oxygen atoms in total. The molecule has 0 aromatic carbocycles. The van der Waals surface area contributed by atoms with Crippen LogP contribution in [0.25, 0.3) is 0 Å². The SMILES string of the molecule is CCC([Si])OC(=O)C(OC)=C(OC)OC. The van der Waals surface area contributed by atoms with E-state index >= 15 is 0 Å². The smallest absolute Gasteiger partial charge is 0.381 e. The number of rotatable bonds is 6. The van der Waals surface area contributed by atoms with E-state index < -0.39 is 5.97 Å². The summed E-state index contributed by atoms with van der Waals surface area (Å²) in [5.74, 6) is -0.757. The number of hydrogen-bond acceptors (Lipinski definition) is 5. The van der Waals surface area contributed by atoms with Crippen molar-refractivity contribution in [3.05, 3.63) is 11.7 Å². The van der Waals surface area contributed by atoms with Gasteiger partial charge in [0.05, 0.1) is 37.3 Å². The maximum absolute atomic E-state index is 11.5. The summed E-state index contributed by atoms with van der Waals surface area (Å²) in [5.41, 5.74) is -0.363. The Morgan fingerprint density at radius 1 is 1.20 bits per heavy atom. The van der Waals surface area contributed by atoms with Gasteiger partial charge < -0.3 is 18.9 Å². The van der Waals surface area contributed by atoms with Crippen LogP contribution in [0.3, 0.4) is 0 Å². The molecule has 0 heterocycles. The van der Waals surface area contributed by atoms with Crippen LogP contribution in [0.1, 0.15) is 13.3 Å². The highest BCUT2D eigenvalue weighted by atomic mass is 28.1. The number of carbonyl (C=O) groups is 1. The van der Waals surface area contributed by atoms with E-state index in [1.54, 1.807) is 0 Å². The normalized spacial score (nSPS) is 11.3. The Morgan fingerprint density at radius 2 is 1.73 bits per heavy atom. The maximum Gasteiger partial charge on any atom is 0.381 e. The van der Waals surface area contributed by atoms with Gasteiger partial charge in [0.15, 0.2) is 0 Å². The summed E-state index contributed by atoms with van der Waals surface area (Å²) in [6.45, 7) is 1.87. The van der Waals surface area contributed by atoms with Crippen molar-refractivity contribution in [1.82, 2.24) is 0 Å². The van der Waals surface area contributed by atoms with Crippen LogP contribution in [-0.4, -0.2) is 43.3 Å². The third-order valence-electron chi connectivity index (χ3n) is 1.57. The molecule has 85 valence electrons. The lowest BCUT2D eigenvalue weighted by atomic mass is 10.5. The van der Waals surface area contributed by atoms with E-state index in [1.807, 2.05) is 6.92 Å². The Labute approximate surface area is 92.8 Å². The zero-order chi connectivity index (χ0) is 11.8. The van der Waals surface area contributed by atoms with E-state index in [2.05, 4.69) is 10.2 Å². The molecule has 0 aromatic heterocycles. The van der Waals surface area contributed by atoms with Crippen LogP contribution in [0.5, 0.6) is 0 Å². The van der Waals surface area contributed by atoms with Gasteiger partial charge in [-0.2, -0.15) is 0 Å². The number of carbonyl (C=O) groups excluding carboxylic acids is 1. The molecule has 0 N–H and O–H groups in total. The zero-order valence-corrected chi connectivity index (χ0v) is 10.3. The monoisotopic (exact) mass is 231 g/mol. The molecule has 0 spiro atoms. The van der Waals surface area contributed by atoms with Gasteiger partial charge in [-0.15, -0.1) is 0 Å². The summed E-state index contributed by atoms with van der Waals surface area (Å²) >= 11 is 0. The highest BCUT2D eigenvalue weighted by Crippen LogP contribution is 2.10. The van der Waals surface area contributed by atoms with Crippen molar-refractivity contribution in [3.63, 3.8) is 0 Å². The van der Waals surface area contributed by atoms with E-state index in [4.69, 9.17) is 18.9 Å². The van der Waals surface area contributed by atoms with Crippen LogP contribution < -0.4 is 0 Å². The second-order valence-corrected chi connectivity index (χ2v) is 3.18. The van der Waals surface area contributed by atoms with E-state index in [9.17, 15) is 4.79 Å². The molecule has 0 aliphatic carbocycles. The Morgan fingerprint density at radius 3 is 2.07 bits per heavy atom. The molecular formula is C9H15O5Si. The highest BCUT2D eigenvalue weighted by Gasteiger charge is 2.21. The molecule has 0 amide bonds. The topological polar surface area (TPSA) is 54.0 Å². The Bertz CT molecular complexity index is 233. The molecule has 1 unspecified atom stereocenters. The van der Waals surface area contributed by atoms with Gasteiger partial charge in [0.2, 0.25) is 0 Å². The maximum atomic E-state index is 11.5. The standard InChI is InChI=1S/C9H15O5Si/c1-5-6(15)14-8(10)7(11-2)9(12-3)13-4/h6H,5H2,1-4H3. The zero-order valence-electron chi connectivity index (χ0n) is 9.33. The van der Waals surface area contributed by atoms with E-state index in [0.29, 0.717) is 6.42 Å². The van der Waals surface area contributed by atoms with Gasteiger partial charge in [0.1, 0.15) is 0 Å². The van der Waals surface area contributed by atoms with Crippen molar-refractivity contribution < 1.29 is 23.7 Å². The fourth-order valence-electron chi connectivity index (χ4n) is 0.785. The van der Waals surface area contributed by atoms with Gasteiger partial charge in [-0.3, -0.25) is 0 Å². The van der Waals surface area contributed by atoms with Crippen molar-refractivity contribution in [3.8, 4) is 0 Å². The third kappa shape index (κ3) is 4.24. The molecular weight excluding hydrogens is 216 g/mol. The first kappa shape index (κ1) is 13.8. The van der Waals surface area contributed by atoms with Gasteiger partial charge in [-0.25, -0.2) is 4.79 Å². The molecule has 0 aliphatic heterocycles. The second kappa shape index (κ2) is 7.16. The molecule has 0 rings (SSSR count). The summed E-state index contributed by atoms with van der Waals surface area (Å²) in [5, 5.41) is 0. The number of esters is 1. The summed E-state index contributed by atoms with van der Waals surface area (Å²) in [6.07, 6.45) is 0.648. The largest absolute Gasteiger partial charge is 0.485 e. The first-order valence-electron chi connectivity index (χ1n) is 4.39. The fraction of sp³-hybridized carbons (Fsp3) is 0.667. The van der Waals surface area contributed by atoms with Gasteiger partial charge in [0.25, 0.3) is 5.76 Å². The highest BCUT2D eigenvalue weighted by molar-refractivity contribution is 6.12.